The van der Waals surface area contributed by atoms with Gasteiger partial charge in [0, 0.05) is 25.1 Å². The predicted octanol–water partition coefficient (Wildman–Crippen LogP) is 3.88. The molecule has 4 rings (SSSR count). The van der Waals surface area contributed by atoms with Crippen molar-refractivity contribution in [3.8, 4) is 5.75 Å². The zero-order chi connectivity index (χ0) is 18.6. The molecule has 27 heavy (non-hydrogen) atoms. The van der Waals surface area contributed by atoms with Crippen molar-refractivity contribution in [3.63, 3.8) is 0 Å². The number of nitrogens with zero attached hydrogens (tertiary/aromatic N) is 2. The summed E-state index contributed by atoms with van der Waals surface area (Å²) in [5, 5.41) is 0. The van der Waals surface area contributed by atoms with Gasteiger partial charge in [0.05, 0.1) is 24.1 Å². The molecule has 140 valence electrons. The van der Waals surface area contributed by atoms with E-state index in [0.29, 0.717) is 12.3 Å². The van der Waals surface area contributed by atoms with Gasteiger partial charge in [-0.15, -0.1) is 0 Å². The normalized spacial score (nSPS) is 17.2. The Hall–Kier alpha value is -2.89. The van der Waals surface area contributed by atoms with Crippen molar-refractivity contribution >= 4 is 16.9 Å². The summed E-state index contributed by atoms with van der Waals surface area (Å²) in [5.74, 6) is 1.33. The highest BCUT2D eigenvalue weighted by molar-refractivity contribution is 5.77. The number of ether oxygens (including phenoxy) is 1. The number of rotatable bonds is 5. The summed E-state index contributed by atoms with van der Waals surface area (Å²) in [6, 6.07) is 13.9. The van der Waals surface area contributed by atoms with Crippen LogP contribution in [0.1, 0.15) is 31.0 Å². The molecule has 3 aromatic rings. The second-order valence-electron chi connectivity index (χ2n) is 6.87. The van der Waals surface area contributed by atoms with Crippen LogP contribution in [0.3, 0.4) is 0 Å². The molecule has 1 saturated heterocycles. The number of para-hydroxylation sites is 2. The fourth-order valence-corrected chi connectivity index (χ4v) is 3.56. The molecule has 0 bridgehead atoms. The van der Waals surface area contributed by atoms with Gasteiger partial charge in [-0.05, 0) is 37.1 Å². The number of halogens is 1. The lowest BCUT2D eigenvalue weighted by atomic mass is 9.97. The lowest BCUT2D eigenvalue weighted by Crippen LogP contribution is -2.39. The number of fused-ring (bicyclic) bond motifs is 1. The number of amides is 1. The van der Waals surface area contributed by atoms with Crippen LogP contribution in [0.2, 0.25) is 0 Å². The van der Waals surface area contributed by atoms with Crippen LogP contribution in [0.4, 0.5) is 4.39 Å². The first-order chi connectivity index (χ1) is 13.2. The first kappa shape index (κ1) is 17.5. The number of benzene rings is 2. The third-order valence-corrected chi connectivity index (χ3v) is 4.95. The van der Waals surface area contributed by atoms with Crippen molar-refractivity contribution in [2.75, 3.05) is 19.7 Å². The summed E-state index contributed by atoms with van der Waals surface area (Å²) in [7, 11) is 0. The van der Waals surface area contributed by atoms with E-state index < -0.39 is 0 Å². The van der Waals surface area contributed by atoms with E-state index in [1.807, 2.05) is 29.2 Å². The number of carbonyl (C=O) groups is 1. The van der Waals surface area contributed by atoms with Crippen molar-refractivity contribution in [1.82, 2.24) is 14.9 Å². The number of aromatic amines is 1. The van der Waals surface area contributed by atoms with Crippen molar-refractivity contribution in [2.24, 2.45) is 0 Å². The average molecular weight is 367 g/mol. The van der Waals surface area contributed by atoms with Crippen LogP contribution < -0.4 is 4.74 Å². The minimum atomic E-state index is -0.344. The minimum absolute atomic E-state index is 0.0622. The molecule has 2 heterocycles. The van der Waals surface area contributed by atoms with Gasteiger partial charge < -0.3 is 14.6 Å². The van der Waals surface area contributed by atoms with Gasteiger partial charge in [0.1, 0.15) is 17.4 Å². The first-order valence-electron chi connectivity index (χ1n) is 9.30. The molecule has 1 aromatic heterocycles. The average Bonchev–Trinajstić information content (AvgIpc) is 3.12. The number of likely N-dealkylation sites (tertiary alicyclic amines) is 1. The second-order valence-corrected chi connectivity index (χ2v) is 6.87. The number of imidazole rings is 1. The lowest BCUT2D eigenvalue weighted by molar-refractivity contribution is -0.132. The molecular weight excluding hydrogens is 345 g/mol. The van der Waals surface area contributed by atoms with E-state index in [9.17, 15) is 9.18 Å². The summed E-state index contributed by atoms with van der Waals surface area (Å²) in [6.45, 7) is 1.67. The van der Waals surface area contributed by atoms with Gasteiger partial charge in [0.15, 0.2) is 0 Å². The summed E-state index contributed by atoms with van der Waals surface area (Å²) >= 11 is 0. The Morgan fingerprint density at radius 1 is 1.26 bits per heavy atom. The van der Waals surface area contributed by atoms with Gasteiger partial charge in [0.25, 0.3) is 0 Å². The molecule has 1 atom stereocenters. The topological polar surface area (TPSA) is 58.2 Å². The first-order valence-corrected chi connectivity index (χ1v) is 9.30. The molecule has 1 unspecified atom stereocenters. The van der Waals surface area contributed by atoms with Gasteiger partial charge in [-0.25, -0.2) is 9.37 Å². The predicted molar refractivity (Wildman–Crippen MR) is 101 cm³/mol. The van der Waals surface area contributed by atoms with Crippen LogP contribution in [0, 0.1) is 5.82 Å². The number of nitrogens with one attached hydrogen (secondary N) is 1. The Morgan fingerprint density at radius 3 is 3.00 bits per heavy atom. The smallest absolute Gasteiger partial charge is 0.226 e. The monoisotopic (exact) mass is 367 g/mol. The zero-order valence-electron chi connectivity index (χ0n) is 15.0. The van der Waals surface area contributed by atoms with Gasteiger partial charge in [-0.2, -0.15) is 0 Å². The Kier molecular flexibility index (Phi) is 5.05. The number of aromatic nitrogens is 2. The third kappa shape index (κ3) is 4.10. The van der Waals surface area contributed by atoms with Gasteiger partial charge in [-0.1, -0.05) is 18.2 Å². The van der Waals surface area contributed by atoms with E-state index in [4.69, 9.17) is 4.74 Å². The second kappa shape index (κ2) is 7.78. The molecule has 0 saturated carbocycles. The summed E-state index contributed by atoms with van der Waals surface area (Å²) in [4.78, 5) is 22.5. The Bertz CT molecular complexity index is 907. The standard InChI is InChI=1S/C21H22FN3O2/c22-16-6-3-7-17(13-16)27-12-10-20(26)25-11-4-5-15(14-25)21-23-18-8-1-2-9-19(18)24-21/h1-3,6-9,13,15H,4-5,10-12,14H2,(H,23,24). The molecule has 1 amide bonds. The number of hydrogen-bond donors (Lipinski definition) is 1. The largest absolute Gasteiger partial charge is 0.493 e. The van der Waals surface area contributed by atoms with Crippen LogP contribution in [-0.2, 0) is 4.79 Å². The van der Waals surface area contributed by atoms with E-state index >= 15 is 0 Å². The fraction of sp³-hybridized carbons (Fsp3) is 0.333. The molecular formula is C21H22FN3O2. The molecule has 1 N–H and O–H groups in total. The van der Waals surface area contributed by atoms with E-state index in [1.165, 1.54) is 12.1 Å². The summed E-state index contributed by atoms with van der Waals surface area (Å²) in [6.07, 6.45) is 2.25. The van der Waals surface area contributed by atoms with Crippen molar-refractivity contribution in [3.05, 3.63) is 60.2 Å². The van der Waals surface area contributed by atoms with E-state index in [1.54, 1.807) is 12.1 Å². The molecule has 5 nitrogen and oxygen atoms in total. The quantitative estimate of drug-likeness (QED) is 0.745. The number of carbonyl (C=O) groups excluding carboxylic acids is 1. The van der Waals surface area contributed by atoms with Crippen LogP contribution in [-0.4, -0.2) is 40.5 Å². The van der Waals surface area contributed by atoms with Crippen LogP contribution >= 0.6 is 0 Å². The zero-order valence-corrected chi connectivity index (χ0v) is 15.0. The third-order valence-electron chi connectivity index (χ3n) is 4.95. The molecule has 0 aliphatic carbocycles. The van der Waals surface area contributed by atoms with E-state index in [0.717, 1.165) is 36.2 Å². The Morgan fingerprint density at radius 2 is 2.15 bits per heavy atom. The van der Waals surface area contributed by atoms with Crippen molar-refractivity contribution in [2.45, 2.75) is 25.2 Å². The molecule has 1 aliphatic rings. The number of H-pyrrole nitrogens is 1. The SMILES string of the molecule is O=C(CCOc1cccc(F)c1)N1CCCC(c2nc3ccccc3[nH]2)C1. The van der Waals surface area contributed by atoms with Gasteiger partial charge in [-0.3, -0.25) is 4.79 Å². The van der Waals surface area contributed by atoms with E-state index in [-0.39, 0.29) is 30.7 Å². The lowest BCUT2D eigenvalue weighted by Gasteiger charge is -2.32. The molecule has 6 heteroatoms. The molecule has 0 spiro atoms. The molecule has 0 radical (unpaired) electrons. The highest BCUT2D eigenvalue weighted by Gasteiger charge is 2.26. The van der Waals surface area contributed by atoms with Crippen LogP contribution in [0.5, 0.6) is 5.75 Å². The Labute approximate surface area is 157 Å². The summed E-state index contributed by atoms with van der Waals surface area (Å²) in [5.41, 5.74) is 1.99. The van der Waals surface area contributed by atoms with Crippen LogP contribution in [0.15, 0.2) is 48.5 Å². The summed E-state index contributed by atoms with van der Waals surface area (Å²) < 4.78 is 18.7. The van der Waals surface area contributed by atoms with Gasteiger partial charge >= 0.3 is 0 Å². The maximum Gasteiger partial charge on any atom is 0.226 e. The number of piperidine rings is 1. The van der Waals surface area contributed by atoms with E-state index in [2.05, 4.69) is 9.97 Å². The van der Waals surface area contributed by atoms with Crippen LogP contribution in [0.25, 0.3) is 11.0 Å². The molecule has 1 fully saturated rings. The Balaban J connectivity index is 1.34. The maximum atomic E-state index is 13.2. The van der Waals surface area contributed by atoms with Gasteiger partial charge in [0.2, 0.25) is 5.91 Å². The fourth-order valence-electron chi connectivity index (χ4n) is 3.56. The molecule has 1 aliphatic heterocycles. The minimum Gasteiger partial charge on any atom is -0.493 e. The maximum absolute atomic E-state index is 13.2. The highest BCUT2D eigenvalue weighted by Crippen LogP contribution is 2.27. The number of hydrogen-bond acceptors (Lipinski definition) is 3. The van der Waals surface area contributed by atoms with Crippen molar-refractivity contribution < 1.29 is 13.9 Å². The highest BCUT2D eigenvalue weighted by atomic mass is 19.1. The van der Waals surface area contributed by atoms with Crippen molar-refractivity contribution in [1.29, 1.82) is 0 Å². The molecule has 2 aromatic carbocycles.